The van der Waals surface area contributed by atoms with E-state index in [1.165, 1.54) is 0 Å². The number of esters is 1. The summed E-state index contributed by atoms with van der Waals surface area (Å²) in [6.45, 7) is 13.9. The molecule has 0 saturated carbocycles. The predicted octanol–water partition coefficient (Wildman–Crippen LogP) is 4.97. The van der Waals surface area contributed by atoms with Gasteiger partial charge in [-0.2, -0.15) is 0 Å². The molecule has 3 N–H and O–H groups in total. The summed E-state index contributed by atoms with van der Waals surface area (Å²) in [5.74, 6) is -2.34. The zero-order valence-electron chi connectivity index (χ0n) is 36.9. The summed E-state index contributed by atoms with van der Waals surface area (Å²) >= 11 is 0. The molecule has 0 amide bonds. The van der Waals surface area contributed by atoms with E-state index in [1.54, 1.807) is 40.2 Å². The number of fused-ring (bicyclic) bond motifs is 2. The third-order valence-corrected chi connectivity index (χ3v) is 14.3. The summed E-state index contributed by atoms with van der Waals surface area (Å²) in [7, 11) is 3.23. The van der Waals surface area contributed by atoms with Gasteiger partial charge >= 0.3 is 5.97 Å². The summed E-state index contributed by atoms with van der Waals surface area (Å²) in [5, 5.41) is 34.2. The second-order valence-corrected chi connectivity index (χ2v) is 18.4. The van der Waals surface area contributed by atoms with E-state index in [0.29, 0.717) is 55.6 Å². The number of ether oxygens (including phenoxy) is 10. The maximum Gasteiger partial charge on any atom is 0.316 e. The lowest BCUT2D eigenvalue weighted by Gasteiger charge is -2.49. The van der Waals surface area contributed by atoms with Crippen LogP contribution in [-0.2, 0) is 52.2 Å². The summed E-state index contributed by atoms with van der Waals surface area (Å²) in [6.07, 6.45) is 6.40. The molecule has 60 heavy (non-hydrogen) atoms. The molecule has 6 heterocycles. The minimum atomic E-state index is -1.82. The molecule has 19 atom stereocenters. The second-order valence-electron chi connectivity index (χ2n) is 18.4. The van der Waals surface area contributed by atoms with Gasteiger partial charge in [-0.1, -0.05) is 44.2 Å². The molecule has 1 spiro atoms. The van der Waals surface area contributed by atoms with Crippen LogP contribution in [0, 0.1) is 17.8 Å². The van der Waals surface area contributed by atoms with Crippen molar-refractivity contribution in [2.75, 3.05) is 20.8 Å². The molecular weight excluding hydrogens is 776 g/mol. The average molecular weight is 847 g/mol. The number of hydrogen-bond donors (Lipinski definition) is 3. The van der Waals surface area contributed by atoms with Crippen molar-refractivity contribution < 1.29 is 67.5 Å². The van der Waals surface area contributed by atoms with Crippen molar-refractivity contribution in [1.82, 2.24) is 0 Å². The fourth-order valence-electron chi connectivity index (χ4n) is 10.4. The highest BCUT2D eigenvalue weighted by Crippen LogP contribution is 2.47. The van der Waals surface area contributed by atoms with Crippen molar-refractivity contribution in [3.8, 4) is 0 Å². The van der Waals surface area contributed by atoms with Crippen LogP contribution in [0.5, 0.6) is 0 Å². The number of allylic oxidation sites excluding steroid dienone is 2. The maximum absolute atomic E-state index is 14.3. The fraction of sp³-hybridized carbons (Fsp3) is 0.804. The monoisotopic (exact) mass is 846 g/mol. The van der Waals surface area contributed by atoms with Crippen molar-refractivity contribution in [2.24, 2.45) is 17.8 Å². The molecule has 0 aromatic heterocycles. The van der Waals surface area contributed by atoms with Crippen LogP contribution in [0.15, 0.2) is 47.1 Å². The smallest absolute Gasteiger partial charge is 0.316 e. The lowest BCUT2D eigenvalue weighted by molar-refractivity contribution is -0.332. The highest BCUT2D eigenvalue weighted by molar-refractivity contribution is 5.78. The molecule has 1 aliphatic carbocycles. The number of aliphatic hydroxyl groups excluding tert-OH is 2. The zero-order chi connectivity index (χ0) is 43.1. The van der Waals surface area contributed by atoms with Gasteiger partial charge < -0.3 is 62.7 Å². The number of aliphatic hydroxyl groups is 3. The van der Waals surface area contributed by atoms with Gasteiger partial charge in [0.05, 0.1) is 49.3 Å². The van der Waals surface area contributed by atoms with Crippen LogP contribution in [0.25, 0.3) is 0 Å². The number of carbonyl (C=O) groups excluding carboxylic acids is 1. The summed E-state index contributed by atoms with van der Waals surface area (Å²) in [5.41, 5.74) is 0.212. The van der Waals surface area contributed by atoms with Gasteiger partial charge in [0.2, 0.25) is 0 Å². The van der Waals surface area contributed by atoms with Crippen LogP contribution in [0.4, 0.5) is 0 Å². The first-order valence-electron chi connectivity index (χ1n) is 22.3. The SMILES string of the molecule is CCC1C=CC=C2COC3C(O)C(C)=CC(C(=O)OC4CC(CC=C(C)C1OC1CC(OC)C(OC5CC(OC)C(O)C(C)O5)C(C)O1)OC1(CCC(C)C(C)O1)C4)C23O. The molecule has 0 radical (unpaired) electrons. The molecule has 5 saturated heterocycles. The van der Waals surface area contributed by atoms with E-state index in [-0.39, 0.29) is 30.8 Å². The van der Waals surface area contributed by atoms with Gasteiger partial charge in [-0.3, -0.25) is 4.79 Å². The van der Waals surface area contributed by atoms with Gasteiger partial charge in [-0.25, -0.2) is 0 Å². The number of hydrogen-bond acceptors (Lipinski definition) is 14. The molecule has 19 unspecified atom stereocenters. The van der Waals surface area contributed by atoms with Crippen LogP contribution < -0.4 is 0 Å². The Morgan fingerprint density at radius 3 is 2.32 bits per heavy atom. The van der Waals surface area contributed by atoms with E-state index >= 15 is 0 Å². The molecule has 5 fully saturated rings. The molecular formula is C46H70O14. The Balaban J connectivity index is 1.18. The van der Waals surface area contributed by atoms with Gasteiger partial charge in [0.25, 0.3) is 0 Å². The number of methoxy groups -OCH3 is 2. The lowest BCUT2D eigenvalue weighted by atomic mass is 9.71. The normalized spacial score (nSPS) is 47.8. The van der Waals surface area contributed by atoms with Gasteiger partial charge in [0, 0.05) is 52.2 Å². The quantitative estimate of drug-likeness (QED) is 0.232. The molecule has 338 valence electrons. The van der Waals surface area contributed by atoms with Crippen molar-refractivity contribution in [2.45, 2.75) is 197 Å². The van der Waals surface area contributed by atoms with Crippen LogP contribution in [-0.4, -0.2) is 139 Å². The minimum absolute atomic E-state index is 0.0400. The van der Waals surface area contributed by atoms with Gasteiger partial charge in [0.1, 0.15) is 42.0 Å². The van der Waals surface area contributed by atoms with Crippen LogP contribution in [0.1, 0.15) is 99.8 Å². The first-order valence-corrected chi connectivity index (χ1v) is 22.3. The highest BCUT2D eigenvalue weighted by atomic mass is 16.7. The predicted molar refractivity (Wildman–Crippen MR) is 218 cm³/mol. The maximum atomic E-state index is 14.3. The zero-order valence-corrected chi connectivity index (χ0v) is 36.9. The molecule has 2 bridgehead atoms. The van der Waals surface area contributed by atoms with Gasteiger partial charge in [-0.05, 0) is 76.5 Å². The molecule has 0 aromatic rings. The van der Waals surface area contributed by atoms with E-state index in [4.69, 9.17) is 47.4 Å². The first kappa shape index (κ1) is 46.0. The van der Waals surface area contributed by atoms with E-state index in [0.717, 1.165) is 18.4 Å². The van der Waals surface area contributed by atoms with Gasteiger partial charge in [0.15, 0.2) is 18.4 Å². The van der Waals surface area contributed by atoms with Crippen LogP contribution >= 0.6 is 0 Å². The Labute approximate surface area is 355 Å². The topological polar surface area (TPSA) is 170 Å². The van der Waals surface area contributed by atoms with Crippen LogP contribution in [0.2, 0.25) is 0 Å². The Hall–Kier alpha value is -2.05. The Morgan fingerprint density at radius 1 is 0.883 bits per heavy atom. The number of rotatable bonds is 7. The molecule has 0 aromatic carbocycles. The van der Waals surface area contributed by atoms with E-state index in [1.807, 2.05) is 13.0 Å². The second kappa shape index (κ2) is 19.0. The van der Waals surface area contributed by atoms with E-state index in [2.05, 4.69) is 39.8 Å². The highest BCUT2D eigenvalue weighted by Gasteiger charge is 2.60. The largest absolute Gasteiger partial charge is 0.462 e. The molecule has 14 nitrogen and oxygen atoms in total. The van der Waals surface area contributed by atoms with Crippen molar-refractivity contribution in [3.05, 3.63) is 47.1 Å². The van der Waals surface area contributed by atoms with E-state index in [9.17, 15) is 20.1 Å². The summed E-state index contributed by atoms with van der Waals surface area (Å²) < 4.78 is 63.5. The molecule has 7 aliphatic rings. The fourth-order valence-corrected chi connectivity index (χ4v) is 10.4. The third kappa shape index (κ3) is 9.28. The minimum Gasteiger partial charge on any atom is -0.462 e. The average Bonchev–Trinajstić information content (AvgIpc) is 3.55. The Bertz CT molecular complexity index is 1630. The molecule has 6 aliphatic heterocycles. The van der Waals surface area contributed by atoms with Crippen molar-refractivity contribution >= 4 is 5.97 Å². The van der Waals surface area contributed by atoms with Crippen molar-refractivity contribution in [1.29, 1.82) is 0 Å². The third-order valence-electron chi connectivity index (χ3n) is 14.3. The Kier molecular flexibility index (Phi) is 14.5. The lowest BCUT2D eigenvalue weighted by Crippen LogP contribution is -2.58. The Morgan fingerprint density at radius 2 is 1.60 bits per heavy atom. The number of carbonyl (C=O) groups is 1. The van der Waals surface area contributed by atoms with Crippen molar-refractivity contribution in [3.63, 3.8) is 0 Å². The van der Waals surface area contributed by atoms with E-state index < -0.39 is 90.8 Å². The van der Waals surface area contributed by atoms with Gasteiger partial charge in [-0.15, -0.1) is 0 Å². The molecule has 14 heteroatoms. The molecule has 7 rings (SSSR count). The standard InChI is InChI=1S/C46H70O14/c1-10-30-12-11-13-31-23-53-43-39(47)26(4)18-34(46(31,43)50)44(49)56-33-19-32(60-45(22-33)17-16-24(2)27(5)59-45)15-14-25(3)41(30)57-38-21-36(52-9)42(29(7)55-38)58-37-20-35(51-8)40(48)28(6)54-37/h11-14,18,24,27-30,32-43,47-48,50H,10,15-17,19-23H2,1-9H3. The summed E-state index contributed by atoms with van der Waals surface area (Å²) in [6, 6.07) is 0. The van der Waals surface area contributed by atoms with Crippen LogP contribution in [0.3, 0.4) is 0 Å². The summed E-state index contributed by atoms with van der Waals surface area (Å²) in [4.78, 5) is 14.3. The first-order chi connectivity index (χ1) is 28.6.